The van der Waals surface area contributed by atoms with Crippen LogP contribution in [0.25, 0.3) is 10.2 Å². The maximum Gasteiger partial charge on any atom is 0.0964 e. The first-order valence-electron chi connectivity index (χ1n) is 8.93. The molecule has 3 aromatic rings. The highest BCUT2D eigenvalue weighted by molar-refractivity contribution is 7.18. The molecule has 24 heavy (non-hydrogen) atoms. The Labute approximate surface area is 152 Å². The Kier molecular flexibility index (Phi) is 4.21. The highest BCUT2D eigenvalue weighted by atomic mass is 32.1. The molecule has 4 rings (SSSR count). The molecule has 1 aliphatic carbocycles. The summed E-state index contributed by atoms with van der Waals surface area (Å²) >= 11 is 3.78. The molecule has 1 atom stereocenters. The monoisotopic (exact) mass is 356 g/mol. The van der Waals surface area contributed by atoms with E-state index < -0.39 is 0 Å². The number of nitrogens with zero attached hydrogens (tertiary/aromatic N) is 2. The molecule has 0 aliphatic heterocycles. The normalized spacial score (nSPS) is 17.8. The lowest BCUT2D eigenvalue weighted by Gasteiger charge is -2.22. The zero-order chi connectivity index (χ0) is 16.8. The minimum Gasteiger partial charge on any atom is -0.246 e. The summed E-state index contributed by atoms with van der Waals surface area (Å²) in [6.45, 7) is 8.95. The van der Waals surface area contributed by atoms with Gasteiger partial charge in [0, 0.05) is 22.6 Å². The van der Waals surface area contributed by atoms with Gasteiger partial charge in [0.15, 0.2) is 0 Å². The van der Waals surface area contributed by atoms with Crippen molar-refractivity contribution in [2.45, 2.75) is 64.7 Å². The van der Waals surface area contributed by atoms with E-state index in [2.05, 4.69) is 45.9 Å². The summed E-state index contributed by atoms with van der Waals surface area (Å²) in [7, 11) is 0. The zero-order valence-electron chi connectivity index (χ0n) is 14.8. The third-order valence-corrected chi connectivity index (χ3v) is 7.63. The van der Waals surface area contributed by atoms with Crippen molar-refractivity contribution in [2.75, 3.05) is 0 Å². The molecule has 1 unspecified atom stereocenters. The number of benzene rings is 1. The van der Waals surface area contributed by atoms with Gasteiger partial charge in [0.25, 0.3) is 0 Å². The largest absolute Gasteiger partial charge is 0.246 e. The number of para-hydroxylation sites is 1. The van der Waals surface area contributed by atoms with Crippen molar-refractivity contribution < 1.29 is 0 Å². The summed E-state index contributed by atoms with van der Waals surface area (Å²) in [5, 5.41) is 2.54. The van der Waals surface area contributed by atoms with Crippen LogP contribution in [0.2, 0.25) is 0 Å². The molecule has 0 radical (unpaired) electrons. The molecular weight excluding hydrogens is 332 g/mol. The SMILES string of the molecule is CC(C)c1nc2c(s1)C(c1cccc3sc(C(C)C)nc13)CCC2. The van der Waals surface area contributed by atoms with E-state index in [9.17, 15) is 0 Å². The van der Waals surface area contributed by atoms with Crippen molar-refractivity contribution in [2.24, 2.45) is 0 Å². The lowest BCUT2D eigenvalue weighted by atomic mass is 9.85. The van der Waals surface area contributed by atoms with E-state index >= 15 is 0 Å². The van der Waals surface area contributed by atoms with Crippen molar-refractivity contribution in [1.29, 1.82) is 0 Å². The van der Waals surface area contributed by atoms with Gasteiger partial charge in [-0.3, -0.25) is 0 Å². The predicted molar refractivity (Wildman–Crippen MR) is 105 cm³/mol. The van der Waals surface area contributed by atoms with Crippen LogP contribution in [0.4, 0.5) is 0 Å². The number of hydrogen-bond donors (Lipinski definition) is 0. The van der Waals surface area contributed by atoms with Crippen LogP contribution in [0.3, 0.4) is 0 Å². The van der Waals surface area contributed by atoms with E-state index in [1.807, 2.05) is 22.7 Å². The van der Waals surface area contributed by atoms with Crippen LogP contribution >= 0.6 is 22.7 Å². The molecule has 0 spiro atoms. The molecule has 1 aliphatic rings. The summed E-state index contributed by atoms with van der Waals surface area (Å²) in [5.74, 6) is 1.49. The number of fused-ring (bicyclic) bond motifs is 2. The second kappa shape index (κ2) is 6.23. The molecule has 1 aromatic carbocycles. The lowest BCUT2D eigenvalue weighted by molar-refractivity contribution is 0.617. The molecule has 0 amide bonds. The van der Waals surface area contributed by atoms with E-state index in [0.717, 1.165) is 6.42 Å². The summed E-state index contributed by atoms with van der Waals surface area (Å²) in [6.07, 6.45) is 3.59. The first kappa shape index (κ1) is 16.2. The average molecular weight is 357 g/mol. The first-order chi connectivity index (χ1) is 11.5. The topological polar surface area (TPSA) is 25.8 Å². The summed E-state index contributed by atoms with van der Waals surface area (Å²) in [6, 6.07) is 6.72. The highest BCUT2D eigenvalue weighted by Crippen LogP contribution is 2.44. The van der Waals surface area contributed by atoms with E-state index in [1.165, 1.54) is 49.2 Å². The maximum absolute atomic E-state index is 5.00. The van der Waals surface area contributed by atoms with Gasteiger partial charge in [-0.1, -0.05) is 39.8 Å². The van der Waals surface area contributed by atoms with Crippen LogP contribution in [-0.2, 0) is 6.42 Å². The van der Waals surface area contributed by atoms with Gasteiger partial charge < -0.3 is 0 Å². The fourth-order valence-electron chi connectivity index (χ4n) is 3.50. The van der Waals surface area contributed by atoms with Gasteiger partial charge in [-0.15, -0.1) is 22.7 Å². The van der Waals surface area contributed by atoms with Crippen molar-refractivity contribution in [3.05, 3.63) is 44.3 Å². The summed E-state index contributed by atoms with van der Waals surface area (Å²) in [4.78, 5) is 11.4. The number of aromatic nitrogens is 2. The third-order valence-electron chi connectivity index (χ3n) is 4.80. The minimum absolute atomic E-state index is 0.476. The molecular formula is C20H24N2S2. The van der Waals surface area contributed by atoms with Crippen molar-refractivity contribution in [3.63, 3.8) is 0 Å². The Balaban J connectivity index is 1.84. The Hall–Kier alpha value is -1.26. The van der Waals surface area contributed by atoms with Crippen LogP contribution < -0.4 is 0 Å². The van der Waals surface area contributed by atoms with Crippen LogP contribution in [0.1, 0.15) is 84.4 Å². The van der Waals surface area contributed by atoms with Crippen LogP contribution in [-0.4, -0.2) is 9.97 Å². The smallest absolute Gasteiger partial charge is 0.0964 e. The van der Waals surface area contributed by atoms with Crippen LogP contribution in [0, 0.1) is 0 Å². The van der Waals surface area contributed by atoms with Crippen molar-refractivity contribution >= 4 is 32.9 Å². The van der Waals surface area contributed by atoms with Gasteiger partial charge in [-0.25, -0.2) is 9.97 Å². The maximum atomic E-state index is 5.00. The van der Waals surface area contributed by atoms with Crippen molar-refractivity contribution in [1.82, 2.24) is 9.97 Å². The van der Waals surface area contributed by atoms with Gasteiger partial charge >= 0.3 is 0 Å². The molecule has 0 N–H and O–H groups in total. The Morgan fingerprint density at radius 2 is 1.75 bits per heavy atom. The minimum atomic E-state index is 0.476. The van der Waals surface area contributed by atoms with Gasteiger partial charge in [-0.2, -0.15) is 0 Å². The molecule has 126 valence electrons. The van der Waals surface area contributed by atoms with Crippen LogP contribution in [0.15, 0.2) is 18.2 Å². The number of thiazole rings is 2. The first-order valence-corrected chi connectivity index (χ1v) is 10.6. The fourth-order valence-corrected chi connectivity index (χ4v) is 5.77. The van der Waals surface area contributed by atoms with Crippen molar-refractivity contribution in [3.8, 4) is 0 Å². The molecule has 0 saturated heterocycles. The molecule has 4 heteroatoms. The summed E-state index contributed by atoms with van der Waals surface area (Å²) in [5.41, 5.74) is 3.98. The lowest BCUT2D eigenvalue weighted by Crippen LogP contribution is -2.09. The molecule has 0 fully saturated rings. The number of hydrogen-bond acceptors (Lipinski definition) is 4. The van der Waals surface area contributed by atoms with Gasteiger partial charge in [0.1, 0.15) is 0 Å². The average Bonchev–Trinajstić information content (AvgIpc) is 3.18. The second-order valence-electron chi connectivity index (χ2n) is 7.36. The molecule has 2 aromatic heterocycles. The van der Waals surface area contributed by atoms with Gasteiger partial charge in [0.05, 0.1) is 25.9 Å². The Bertz CT molecular complexity index is 873. The van der Waals surface area contributed by atoms with E-state index in [4.69, 9.17) is 9.97 Å². The van der Waals surface area contributed by atoms with Gasteiger partial charge in [-0.05, 0) is 30.9 Å². The fraction of sp³-hybridized carbons (Fsp3) is 0.500. The van der Waals surface area contributed by atoms with Gasteiger partial charge in [0.2, 0.25) is 0 Å². The molecule has 0 bridgehead atoms. The summed E-state index contributed by atoms with van der Waals surface area (Å²) < 4.78 is 1.33. The van der Waals surface area contributed by atoms with E-state index in [1.54, 1.807) is 0 Å². The zero-order valence-corrected chi connectivity index (χ0v) is 16.4. The Morgan fingerprint density at radius 1 is 1.00 bits per heavy atom. The highest BCUT2D eigenvalue weighted by Gasteiger charge is 2.28. The van der Waals surface area contributed by atoms with E-state index in [0.29, 0.717) is 17.8 Å². The van der Waals surface area contributed by atoms with Crippen LogP contribution in [0.5, 0.6) is 0 Å². The molecule has 0 saturated carbocycles. The Morgan fingerprint density at radius 3 is 2.50 bits per heavy atom. The predicted octanol–water partition coefficient (Wildman–Crippen LogP) is 6.47. The van der Waals surface area contributed by atoms with E-state index in [-0.39, 0.29) is 0 Å². The second-order valence-corrected chi connectivity index (χ2v) is 9.49. The third kappa shape index (κ3) is 2.70. The number of aryl methyl sites for hydroxylation is 1. The molecule has 2 heterocycles. The molecule has 2 nitrogen and oxygen atoms in total. The standard InChI is InChI=1S/C20H24N2S2/c1-11(2)19-21-15-9-5-8-14(18(15)24-19)13-7-6-10-16-17(13)22-20(23-16)12(3)4/h6-7,10-12,14H,5,8-9H2,1-4H3. The number of rotatable bonds is 3. The quantitative estimate of drug-likeness (QED) is 0.537.